The van der Waals surface area contributed by atoms with Crippen molar-refractivity contribution in [2.45, 2.75) is 6.42 Å². The SMILES string of the molecule is [CH3-].[CH3-].[Ti+3].[c-]1ccc(-c2ccccc2)c2c1Cc1ccccc1-2. The molecule has 1 heteroatoms. The first kappa shape index (κ1) is 18.4. The fourth-order valence-corrected chi connectivity index (χ4v) is 2.96. The predicted molar refractivity (Wildman–Crippen MR) is 91.8 cm³/mol. The van der Waals surface area contributed by atoms with Gasteiger partial charge in [-0.25, -0.2) is 0 Å². The zero-order valence-electron chi connectivity index (χ0n) is 13.1. The number of fused-ring (bicyclic) bond motifs is 3. The third-order valence-electron chi connectivity index (χ3n) is 3.82. The zero-order chi connectivity index (χ0) is 12.7. The third kappa shape index (κ3) is 2.95. The van der Waals surface area contributed by atoms with Crippen LogP contribution >= 0.6 is 0 Å². The van der Waals surface area contributed by atoms with Crippen molar-refractivity contribution in [2.24, 2.45) is 0 Å². The van der Waals surface area contributed by atoms with Crippen LogP contribution in [0.25, 0.3) is 22.3 Å². The summed E-state index contributed by atoms with van der Waals surface area (Å²) in [5, 5.41) is 0. The third-order valence-corrected chi connectivity index (χ3v) is 3.82. The topological polar surface area (TPSA) is 0 Å². The van der Waals surface area contributed by atoms with Gasteiger partial charge in [0.15, 0.2) is 0 Å². The Morgan fingerprint density at radius 2 is 1.41 bits per heavy atom. The van der Waals surface area contributed by atoms with E-state index >= 15 is 0 Å². The van der Waals surface area contributed by atoms with Gasteiger partial charge in [-0.1, -0.05) is 65.7 Å². The molecule has 0 fully saturated rings. The molecule has 3 aromatic carbocycles. The molecule has 0 atom stereocenters. The largest absolute Gasteiger partial charge is 3.00 e. The Morgan fingerprint density at radius 1 is 0.727 bits per heavy atom. The molecule has 0 spiro atoms. The summed E-state index contributed by atoms with van der Waals surface area (Å²) in [6.07, 6.45) is 1.01. The van der Waals surface area contributed by atoms with Crippen LogP contribution in [-0.4, -0.2) is 0 Å². The Hall–Kier alpha value is -1.63. The van der Waals surface area contributed by atoms with E-state index in [0.717, 1.165) is 6.42 Å². The molecule has 4 rings (SSSR count). The molecule has 1 radical (unpaired) electrons. The van der Waals surface area contributed by atoms with Crippen molar-refractivity contribution in [3.8, 4) is 22.3 Å². The first-order valence-corrected chi connectivity index (χ1v) is 6.61. The predicted octanol–water partition coefficient (Wildman–Crippen LogP) is 5.62. The second kappa shape index (κ2) is 7.58. The molecule has 0 aromatic heterocycles. The fourth-order valence-electron chi connectivity index (χ4n) is 2.96. The monoisotopic (exact) mass is 319 g/mol. The minimum atomic E-state index is 0. The second-order valence-electron chi connectivity index (χ2n) is 4.94. The molecule has 0 amide bonds. The molecule has 0 N–H and O–H groups in total. The van der Waals surface area contributed by atoms with Crippen molar-refractivity contribution < 1.29 is 21.7 Å². The molecule has 1 aliphatic carbocycles. The Bertz CT molecular complexity index is 745. The maximum atomic E-state index is 3.41. The van der Waals surface area contributed by atoms with E-state index in [2.05, 4.69) is 66.7 Å². The molecule has 1 aliphatic rings. The first-order chi connectivity index (χ1) is 9.43. The summed E-state index contributed by atoms with van der Waals surface area (Å²) in [5.41, 5.74) is 8.07. The summed E-state index contributed by atoms with van der Waals surface area (Å²) in [5.74, 6) is 0. The Labute approximate surface area is 149 Å². The Balaban J connectivity index is 0.000000807. The number of hydrogen-bond donors (Lipinski definition) is 0. The zero-order valence-corrected chi connectivity index (χ0v) is 14.6. The van der Waals surface area contributed by atoms with Crippen LogP contribution in [-0.2, 0) is 28.1 Å². The number of benzene rings is 3. The molecule has 0 unspecified atom stereocenters. The van der Waals surface area contributed by atoms with E-state index in [0.29, 0.717) is 0 Å². The molecule has 0 saturated carbocycles. The molecule has 0 heterocycles. The van der Waals surface area contributed by atoms with E-state index in [1.165, 1.54) is 33.4 Å². The van der Waals surface area contributed by atoms with E-state index in [1.54, 1.807) is 0 Å². The van der Waals surface area contributed by atoms with Gasteiger partial charge < -0.3 is 14.9 Å². The molecule has 0 saturated heterocycles. The first-order valence-electron chi connectivity index (χ1n) is 6.61. The summed E-state index contributed by atoms with van der Waals surface area (Å²) in [7, 11) is 0. The van der Waals surface area contributed by atoms with Gasteiger partial charge in [0.05, 0.1) is 0 Å². The molecule has 3 aromatic rings. The maximum absolute atomic E-state index is 3.41. The molecule has 107 valence electrons. The van der Waals surface area contributed by atoms with E-state index in [1.807, 2.05) is 6.07 Å². The quantitative estimate of drug-likeness (QED) is 0.315. The summed E-state index contributed by atoms with van der Waals surface area (Å²) in [4.78, 5) is 0. The van der Waals surface area contributed by atoms with E-state index in [-0.39, 0.29) is 36.6 Å². The second-order valence-corrected chi connectivity index (χ2v) is 4.94. The van der Waals surface area contributed by atoms with Crippen LogP contribution in [0, 0.1) is 20.9 Å². The molecule has 0 nitrogen and oxygen atoms in total. The molecule has 0 aliphatic heterocycles. The van der Waals surface area contributed by atoms with Gasteiger partial charge in [0.25, 0.3) is 0 Å². The van der Waals surface area contributed by atoms with Crippen LogP contribution in [0.2, 0.25) is 0 Å². The minimum Gasteiger partial charge on any atom is -0.358 e. The molecule has 22 heavy (non-hydrogen) atoms. The smallest absolute Gasteiger partial charge is 0.358 e. The van der Waals surface area contributed by atoms with Gasteiger partial charge in [-0.2, -0.15) is 18.2 Å². The van der Waals surface area contributed by atoms with Gasteiger partial charge in [0, 0.05) is 0 Å². The van der Waals surface area contributed by atoms with Crippen LogP contribution < -0.4 is 0 Å². The van der Waals surface area contributed by atoms with Crippen LogP contribution in [0.15, 0.2) is 66.7 Å². The summed E-state index contributed by atoms with van der Waals surface area (Å²) in [6.45, 7) is 0. The van der Waals surface area contributed by atoms with Crippen molar-refractivity contribution in [1.82, 2.24) is 0 Å². The van der Waals surface area contributed by atoms with Gasteiger partial charge in [0.2, 0.25) is 0 Å². The van der Waals surface area contributed by atoms with E-state index < -0.39 is 0 Å². The van der Waals surface area contributed by atoms with Gasteiger partial charge in [-0.15, -0.1) is 16.7 Å². The van der Waals surface area contributed by atoms with Crippen molar-refractivity contribution in [3.63, 3.8) is 0 Å². The summed E-state index contributed by atoms with van der Waals surface area (Å²) >= 11 is 0. The average molecular weight is 319 g/mol. The molecular weight excluding hydrogens is 300 g/mol. The van der Waals surface area contributed by atoms with Gasteiger partial charge in [-0.3, -0.25) is 0 Å². The Kier molecular flexibility index (Phi) is 6.35. The van der Waals surface area contributed by atoms with Crippen molar-refractivity contribution in [3.05, 3.63) is 98.8 Å². The van der Waals surface area contributed by atoms with Crippen molar-refractivity contribution in [2.75, 3.05) is 0 Å². The number of rotatable bonds is 1. The van der Waals surface area contributed by atoms with Gasteiger partial charge >= 0.3 is 21.7 Å². The molecule has 0 bridgehead atoms. The summed E-state index contributed by atoms with van der Waals surface area (Å²) < 4.78 is 0. The van der Waals surface area contributed by atoms with E-state index in [4.69, 9.17) is 0 Å². The standard InChI is InChI=1S/C19H13.2CH3.Ti/c1-2-7-14(8-3-1)17-12-6-10-16-13-15-9-4-5-11-18(15)19(16)17;;;/h1-9,11-12H,13H2;2*1H3;/q3*-1;+3. The van der Waals surface area contributed by atoms with Crippen LogP contribution in [0.4, 0.5) is 0 Å². The summed E-state index contributed by atoms with van der Waals surface area (Å²) in [6, 6.07) is 26.9. The molecular formula is C21H19Ti. The number of hydrogen-bond acceptors (Lipinski definition) is 0. The van der Waals surface area contributed by atoms with Crippen molar-refractivity contribution in [1.29, 1.82) is 0 Å². The van der Waals surface area contributed by atoms with Crippen LogP contribution in [0.5, 0.6) is 0 Å². The average Bonchev–Trinajstić information content (AvgIpc) is 2.86. The maximum Gasteiger partial charge on any atom is 3.00 e. The minimum absolute atomic E-state index is 0. The van der Waals surface area contributed by atoms with Gasteiger partial charge in [-0.05, 0) is 12.0 Å². The van der Waals surface area contributed by atoms with Crippen LogP contribution in [0.1, 0.15) is 11.1 Å². The normalized spacial score (nSPS) is 10.4. The van der Waals surface area contributed by atoms with Crippen LogP contribution in [0.3, 0.4) is 0 Å². The van der Waals surface area contributed by atoms with E-state index in [9.17, 15) is 0 Å². The van der Waals surface area contributed by atoms with Crippen molar-refractivity contribution >= 4 is 0 Å². The Morgan fingerprint density at radius 3 is 2.18 bits per heavy atom. The van der Waals surface area contributed by atoms with Gasteiger partial charge in [0.1, 0.15) is 0 Å². The fraction of sp³-hybridized carbons (Fsp3) is 0.0476.